The van der Waals surface area contributed by atoms with Crippen molar-refractivity contribution >= 4 is 5.82 Å². The number of aromatic nitrogens is 2. The minimum atomic E-state index is -0.122. The zero-order valence-corrected chi connectivity index (χ0v) is 8.56. The molecule has 0 aromatic carbocycles. The zero-order chi connectivity index (χ0) is 10.4. The van der Waals surface area contributed by atoms with Crippen LogP contribution in [-0.4, -0.2) is 47.2 Å². The third-order valence-corrected chi connectivity index (χ3v) is 1.71. The molecular formula is C9H16N4O. The summed E-state index contributed by atoms with van der Waals surface area (Å²) in [6.45, 7) is 1.65. The fourth-order valence-corrected chi connectivity index (χ4v) is 0.981. The molecule has 1 rings (SSSR count). The lowest BCUT2D eigenvalue weighted by atomic mass is 10.5. The Kier molecular flexibility index (Phi) is 4.28. The number of aliphatic hydroxyl groups is 1. The predicted molar refractivity (Wildman–Crippen MR) is 55.0 cm³/mol. The molecule has 0 amide bonds. The van der Waals surface area contributed by atoms with E-state index < -0.39 is 0 Å². The highest BCUT2D eigenvalue weighted by Gasteiger charge is 1.97. The van der Waals surface area contributed by atoms with Crippen LogP contribution in [0.15, 0.2) is 12.3 Å². The van der Waals surface area contributed by atoms with Crippen molar-refractivity contribution in [2.24, 2.45) is 0 Å². The Morgan fingerprint density at radius 1 is 1.50 bits per heavy atom. The van der Waals surface area contributed by atoms with E-state index >= 15 is 0 Å². The van der Waals surface area contributed by atoms with Gasteiger partial charge in [0.1, 0.15) is 12.4 Å². The van der Waals surface area contributed by atoms with Gasteiger partial charge in [-0.2, -0.15) is 0 Å². The number of nitrogens with zero attached hydrogens (tertiary/aromatic N) is 3. The van der Waals surface area contributed by atoms with E-state index in [1.807, 2.05) is 14.1 Å². The Labute approximate surface area is 83.8 Å². The van der Waals surface area contributed by atoms with Crippen molar-refractivity contribution in [1.82, 2.24) is 14.9 Å². The molecule has 0 saturated heterocycles. The van der Waals surface area contributed by atoms with Crippen molar-refractivity contribution in [3.63, 3.8) is 0 Å². The van der Waals surface area contributed by atoms with E-state index in [-0.39, 0.29) is 6.61 Å². The number of nitrogens with one attached hydrogen (secondary N) is 1. The minimum absolute atomic E-state index is 0.122. The molecule has 1 aromatic heterocycles. The first-order valence-corrected chi connectivity index (χ1v) is 4.54. The summed E-state index contributed by atoms with van der Waals surface area (Å²) in [6, 6.07) is 1.79. The second-order valence-corrected chi connectivity index (χ2v) is 3.25. The Hall–Kier alpha value is -1.20. The largest absolute Gasteiger partial charge is 0.388 e. The van der Waals surface area contributed by atoms with Crippen LogP contribution in [0, 0.1) is 0 Å². The standard InChI is InChI=1S/C9H16N4O/c1-13(2)6-5-11-8-3-4-10-9(7-14)12-8/h3-4,14H,5-7H2,1-2H3,(H,10,11,12). The molecule has 0 saturated carbocycles. The molecule has 0 radical (unpaired) electrons. The molecule has 2 N–H and O–H groups in total. The summed E-state index contributed by atoms with van der Waals surface area (Å²) >= 11 is 0. The maximum Gasteiger partial charge on any atom is 0.156 e. The lowest BCUT2D eigenvalue weighted by Crippen LogP contribution is -2.21. The van der Waals surface area contributed by atoms with Crippen molar-refractivity contribution < 1.29 is 5.11 Å². The van der Waals surface area contributed by atoms with Gasteiger partial charge in [-0.3, -0.25) is 0 Å². The van der Waals surface area contributed by atoms with Gasteiger partial charge < -0.3 is 15.3 Å². The van der Waals surface area contributed by atoms with Crippen LogP contribution in [0.5, 0.6) is 0 Å². The van der Waals surface area contributed by atoms with Gasteiger partial charge in [0.2, 0.25) is 0 Å². The van der Waals surface area contributed by atoms with Crippen LogP contribution in [0.3, 0.4) is 0 Å². The van der Waals surface area contributed by atoms with Crippen molar-refractivity contribution in [1.29, 1.82) is 0 Å². The fraction of sp³-hybridized carbons (Fsp3) is 0.556. The molecule has 0 bridgehead atoms. The van der Waals surface area contributed by atoms with Crippen molar-refractivity contribution in [2.45, 2.75) is 6.61 Å². The number of likely N-dealkylation sites (N-methyl/N-ethyl adjacent to an activating group) is 1. The van der Waals surface area contributed by atoms with Gasteiger partial charge >= 0.3 is 0 Å². The van der Waals surface area contributed by atoms with E-state index in [0.717, 1.165) is 18.9 Å². The number of aliphatic hydroxyl groups excluding tert-OH is 1. The minimum Gasteiger partial charge on any atom is -0.388 e. The number of rotatable bonds is 5. The van der Waals surface area contributed by atoms with E-state index in [2.05, 4.69) is 20.2 Å². The Balaban J connectivity index is 2.42. The smallest absolute Gasteiger partial charge is 0.156 e. The van der Waals surface area contributed by atoms with Crippen LogP contribution >= 0.6 is 0 Å². The van der Waals surface area contributed by atoms with Crippen LogP contribution in [-0.2, 0) is 6.61 Å². The van der Waals surface area contributed by atoms with Gasteiger partial charge in [-0.15, -0.1) is 0 Å². The lowest BCUT2D eigenvalue weighted by molar-refractivity contribution is 0.271. The van der Waals surface area contributed by atoms with Crippen LogP contribution < -0.4 is 5.32 Å². The van der Waals surface area contributed by atoms with Crippen LogP contribution in [0.4, 0.5) is 5.82 Å². The van der Waals surface area contributed by atoms with E-state index in [9.17, 15) is 0 Å². The molecule has 0 aliphatic heterocycles. The molecule has 0 atom stereocenters. The molecule has 0 fully saturated rings. The average Bonchev–Trinajstić information content (AvgIpc) is 2.18. The molecule has 5 heteroatoms. The molecule has 0 unspecified atom stereocenters. The SMILES string of the molecule is CN(C)CCNc1ccnc(CO)n1. The molecular weight excluding hydrogens is 180 g/mol. The van der Waals surface area contributed by atoms with Gasteiger partial charge in [0.05, 0.1) is 0 Å². The third-order valence-electron chi connectivity index (χ3n) is 1.71. The zero-order valence-electron chi connectivity index (χ0n) is 8.56. The summed E-state index contributed by atoms with van der Waals surface area (Å²) in [6.07, 6.45) is 1.64. The summed E-state index contributed by atoms with van der Waals surface area (Å²) in [5, 5.41) is 12.0. The second-order valence-electron chi connectivity index (χ2n) is 3.25. The fourth-order valence-electron chi connectivity index (χ4n) is 0.981. The molecule has 5 nitrogen and oxygen atoms in total. The van der Waals surface area contributed by atoms with E-state index in [1.54, 1.807) is 12.3 Å². The van der Waals surface area contributed by atoms with Gasteiger partial charge in [-0.25, -0.2) is 9.97 Å². The van der Waals surface area contributed by atoms with Gasteiger partial charge in [0.15, 0.2) is 5.82 Å². The van der Waals surface area contributed by atoms with Crippen molar-refractivity contribution in [3.8, 4) is 0 Å². The molecule has 0 spiro atoms. The van der Waals surface area contributed by atoms with Gasteiger partial charge in [0, 0.05) is 19.3 Å². The maximum atomic E-state index is 8.81. The summed E-state index contributed by atoms with van der Waals surface area (Å²) in [7, 11) is 4.03. The lowest BCUT2D eigenvalue weighted by Gasteiger charge is -2.10. The molecule has 14 heavy (non-hydrogen) atoms. The van der Waals surface area contributed by atoms with Crippen LogP contribution in [0.1, 0.15) is 5.82 Å². The normalized spacial score (nSPS) is 10.6. The highest BCUT2D eigenvalue weighted by atomic mass is 16.3. The third kappa shape index (κ3) is 3.68. The topological polar surface area (TPSA) is 61.3 Å². The quantitative estimate of drug-likeness (QED) is 0.691. The van der Waals surface area contributed by atoms with Crippen LogP contribution in [0.25, 0.3) is 0 Å². The Bertz CT molecular complexity index is 277. The molecule has 0 aliphatic rings. The van der Waals surface area contributed by atoms with Gasteiger partial charge in [-0.1, -0.05) is 0 Å². The first-order chi connectivity index (χ1) is 6.72. The second kappa shape index (κ2) is 5.51. The highest BCUT2D eigenvalue weighted by molar-refractivity contribution is 5.32. The molecule has 78 valence electrons. The van der Waals surface area contributed by atoms with E-state index in [4.69, 9.17) is 5.11 Å². The molecule has 1 heterocycles. The van der Waals surface area contributed by atoms with E-state index in [1.165, 1.54) is 0 Å². The van der Waals surface area contributed by atoms with E-state index in [0.29, 0.717) is 5.82 Å². The Morgan fingerprint density at radius 3 is 2.93 bits per heavy atom. The van der Waals surface area contributed by atoms with Gasteiger partial charge in [-0.05, 0) is 20.2 Å². The first-order valence-electron chi connectivity index (χ1n) is 4.54. The van der Waals surface area contributed by atoms with Crippen molar-refractivity contribution in [3.05, 3.63) is 18.1 Å². The summed E-state index contributed by atoms with van der Waals surface area (Å²) in [4.78, 5) is 10.1. The summed E-state index contributed by atoms with van der Waals surface area (Å²) < 4.78 is 0. The van der Waals surface area contributed by atoms with Gasteiger partial charge in [0.25, 0.3) is 0 Å². The summed E-state index contributed by atoms with van der Waals surface area (Å²) in [5.74, 6) is 1.20. The summed E-state index contributed by atoms with van der Waals surface area (Å²) in [5.41, 5.74) is 0. The average molecular weight is 196 g/mol. The molecule has 1 aromatic rings. The Morgan fingerprint density at radius 2 is 2.29 bits per heavy atom. The predicted octanol–water partition coefficient (Wildman–Crippen LogP) is -0.0576. The highest BCUT2D eigenvalue weighted by Crippen LogP contribution is 2.00. The van der Waals surface area contributed by atoms with Crippen LogP contribution in [0.2, 0.25) is 0 Å². The monoisotopic (exact) mass is 196 g/mol. The molecule has 0 aliphatic carbocycles. The number of hydrogen-bond donors (Lipinski definition) is 2. The number of hydrogen-bond acceptors (Lipinski definition) is 5. The first kappa shape index (κ1) is 10.9. The number of anilines is 1. The maximum absolute atomic E-state index is 8.81. The van der Waals surface area contributed by atoms with Crippen molar-refractivity contribution in [2.75, 3.05) is 32.5 Å².